The number of rotatable bonds is 3. The Hall–Kier alpha value is -3.06. The lowest BCUT2D eigenvalue weighted by Gasteiger charge is -2.30. The van der Waals surface area contributed by atoms with E-state index in [-0.39, 0.29) is 10.9 Å². The smallest absolute Gasteiger partial charge is 0.251 e. The summed E-state index contributed by atoms with van der Waals surface area (Å²) in [5.41, 5.74) is 2.16. The van der Waals surface area contributed by atoms with Gasteiger partial charge in [0.1, 0.15) is 5.75 Å². The first kappa shape index (κ1) is 16.8. The van der Waals surface area contributed by atoms with Crippen molar-refractivity contribution in [2.24, 2.45) is 10.9 Å². The lowest BCUT2D eigenvalue weighted by molar-refractivity contribution is -0.130. The van der Waals surface area contributed by atoms with Crippen molar-refractivity contribution in [1.82, 2.24) is 5.32 Å². The van der Waals surface area contributed by atoms with E-state index < -0.39 is 17.7 Å². The molecule has 2 N–H and O–H groups in total. The maximum Gasteiger partial charge on any atom is 0.251 e. The first-order valence-electron chi connectivity index (χ1n) is 7.54. The standard InChI is InChI=1S/C18H15N3O3S/c1-11-2-6-13(7-3-11)21-17(24)15(16(23)20-18(21)25)10-19-12-4-8-14(22)9-5-12/h2-10,15,22H,1H3,(H,20,23,25)/t15-/m1/s1. The van der Waals surface area contributed by atoms with Gasteiger partial charge in [0.2, 0.25) is 5.91 Å². The van der Waals surface area contributed by atoms with E-state index in [9.17, 15) is 14.7 Å². The molecular weight excluding hydrogens is 338 g/mol. The summed E-state index contributed by atoms with van der Waals surface area (Å²) in [6.45, 7) is 1.94. The van der Waals surface area contributed by atoms with Crippen molar-refractivity contribution in [1.29, 1.82) is 0 Å². The Labute approximate surface area is 149 Å². The molecule has 126 valence electrons. The van der Waals surface area contributed by atoms with Gasteiger partial charge >= 0.3 is 0 Å². The van der Waals surface area contributed by atoms with Gasteiger partial charge in [-0.1, -0.05) is 17.7 Å². The second kappa shape index (κ2) is 6.82. The first-order chi connectivity index (χ1) is 12.0. The second-order valence-electron chi connectivity index (χ2n) is 5.58. The highest BCUT2D eigenvalue weighted by Crippen LogP contribution is 2.22. The minimum atomic E-state index is -1.08. The van der Waals surface area contributed by atoms with Crippen molar-refractivity contribution in [3.63, 3.8) is 0 Å². The molecule has 1 saturated heterocycles. The number of thiocarbonyl (C=S) groups is 1. The number of amides is 2. The molecule has 1 atom stereocenters. The molecule has 2 aromatic carbocycles. The Morgan fingerprint density at radius 1 is 1.12 bits per heavy atom. The van der Waals surface area contributed by atoms with Crippen LogP contribution in [0.1, 0.15) is 5.56 Å². The van der Waals surface area contributed by atoms with Gasteiger partial charge < -0.3 is 10.4 Å². The van der Waals surface area contributed by atoms with Crippen LogP contribution in [0.2, 0.25) is 0 Å². The van der Waals surface area contributed by atoms with Crippen molar-refractivity contribution >= 4 is 46.7 Å². The Balaban J connectivity index is 1.87. The topological polar surface area (TPSA) is 82.0 Å². The number of aromatic hydroxyl groups is 1. The molecule has 0 unspecified atom stereocenters. The van der Waals surface area contributed by atoms with Crippen LogP contribution in [-0.4, -0.2) is 28.2 Å². The number of benzene rings is 2. The molecule has 0 radical (unpaired) electrons. The fraction of sp³-hybridized carbons (Fsp3) is 0.111. The largest absolute Gasteiger partial charge is 0.508 e. The van der Waals surface area contributed by atoms with E-state index in [4.69, 9.17) is 12.2 Å². The number of anilines is 1. The maximum atomic E-state index is 12.8. The molecule has 0 aromatic heterocycles. The van der Waals surface area contributed by atoms with E-state index >= 15 is 0 Å². The fourth-order valence-electron chi connectivity index (χ4n) is 2.36. The number of aryl methyl sites for hydroxylation is 1. The molecule has 25 heavy (non-hydrogen) atoms. The number of carbonyl (C=O) groups excluding carboxylic acids is 2. The summed E-state index contributed by atoms with van der Waals surface area (Å²) in [4.78, 5) is 30.3. The highest BCUT2D eigenvalue weighted by atomic mass is 32.1. The van der Waals surface area contributed by atoms with Gasteiger partial charge in [0, 0.05) is 6.21 Å². The van der Waals surface area contributed by atoms with Gasteiger partial charge in [-0.2, -0.15) is 0 Å². The van der Waals surface area contributed by atoms with E-state index in [1.165, 1.54) is 23.2 Å². The van der Waals surface area contributed by atoms with E-state index in [0.29, 0.717) is 11.4 Å². The van der Waals surface area contributed by atoms with Crippen molar-refractivity contribution in [3.05, 3.63) is 54.1 Å². The highest BCUT2D eigenvalue weighted by molar-refractivity contribution is 7.80. The third-order valence-corrected chi connectivity index (χ3v) is 4.00. The average molecular weight is 353 g/mol. The van der Waals surface area contributed by atoms with Crippen LogP contribution in [0, 0.1) is 12.8 Å². The zero-order chi connectivity index (χ0) is 18.0. The van der Waals surface area contributed by atoms with Crippen molar-refractivity contribution < 1.29 is 14.7 Å². The van der Waals surface area contributed by atoms with Gasteiger partial charge in [0.15, 0.2) is 11.0 Å². The van der Waals surface area contributed by atoms with Crippen LogP contribution in [0.3, 0.4) is 0 Å². The van der Waals surface area contributed by atoms with Gasteiger partial charge in [-0.3, -0.25) is 19.5 Å². The van der Waals surface area contributed by atoms with Gasteiger partial charge in [0.05, 0.1) is 11.4 Å². The third kappa shape index (κ3) is 3.56. The molecule has 2 aromatic rings. The average Bonchev–Trinajstić information content (AvgIpc) is 2.57. The van der Waals surface area contributed by atoms with Crippen LogP contribution in [-0.2, 0) is 9.59 Å². The van der Waals surface area contributed by atoms with Crippen molar-refractivity contribution in [3.8, 4) is 5.75 Å². The predicted molar refractivity (Wildman–Crippen MR) is 99.2 cm³/mol. The molecule has 1 fully saturated rings. The molecule has 1 aliphatic rings. The maximum absolute atomic E-state index is 12.8. The summed E-state index contributed by atoms with van der Waals surface area (Å²) in [6, 6.07) is 13.4. The molecular formula is C18H15N3O3S. The second-order valence-corrected chi connectivity index (χ2v) is 5.96. The van der Waals surface area contributed by atoms with Crippen LogP contribution in [0.4, 0.5) is 11.4 Å². The van der Waals surface area contributed by atoms with E-state index in [1.807, 2.05) is 19.1 Å². The number of phenols is 1. The lowest BCUT2D eigenvalue weighted by atomic mass is 10.1. The number of hydrogen-bond acceptors (Lipinski definition) is 5. The van der Waals surface area contributed by atoms with Crippen LogP contribution >= 0.6 is 12.2 Å². The van der Waals surface area contributed by atoms with E-state index in [0.717, 1.165) is 5.56 Å². The number of phenolic OH excluding ortho intramolecular Hbond substituents is 1. The van der Waals surface area contributed by atoms with Gasteiger partial charge in [-0.15, -0.1) is 0 Å². The molecule has 0 aliphatic carbocycles. The zero-order valence-corrected chi connectivity index (χ0v) is 14.2. The SMILES string of the molecule is Cc1ccc(N2C(=O)[C@H](C=Nc3ccc(O)cc3)C(=O)NC2=S)cc1. The van der Waals surface area contributed by atoms with E-state index in [2.05, 4.69) is 10.3 Å². The Morgan fingerprint density at radius 3 is 2.40 bits per heavy atom. The van der Waals surface area contributed by atoms with Crippen molar-refractivity contribution in [2.75, 3.05) is 4.90 Å². The summed E-state index contributed by atoms with van der Waals surface area (Å²) in [6.07, 6.45) is 1.28. The summed E-state index contributed by atoms with van der Waals surface area (Å²) >= 11 is 5.14. The minimum absolute atomic E-state index is 0.0492. The minimum Gasteiger partial charge on any atom is -0.508 e. The van der Waals surface area contributed by atoms with Crippen LogP contribution in [0.15, 0.2) is 53.5 Å². The summed E-state index contributed by atoms with van der Waals surface area (Å²) in [7, 11) is 0. The Morgan fingerprint density at radius 2 is 1.76 bits per heavy atom. The van der Waals surface area contributed by atoms with Gasteiger partial charge in [-0.25, -0.2) is 0 Å². The summed E-state index contributed by atoms with van der Waals surface area (Å²) < 4.78 is 0. The van der Waals surface area contributed by atoms with E-state index in [1.54, 1.807) is 24.3 Å². The number of hydrogen-bond donors (Lipinski definition) is 2. The quantitative estimate of drug-likeness (QED) is 0.504. The molecule has 0 bridgehead atoms. The number of aliphatic imine (C=N–C) groups is 1. The molecule has 0 spiro atoms. The third-order valence-electron chi connectivity index (χ3n) is 3.72. The highest BCUT2D eigenvalue weighted by Gasteiger charge is 2.38. The van der Waals surface area contributed by atoms with Crippen LogP contribution in [0.25, 0.3) is 0 Å². The summed E-state index contributed by atoms with van der Waals surface area (Å²) in [5.74, 6) is -1.94. The molecule has 1 aliphatic heterocycles. The number of nitrogens with zero attached hydrogens (tertiary/aromatic N) is 2. The predicted octanol–water partition coefficient (Wildman–Crippen LogP) is 2.47. The monoisotopic (exact) mass is 353 g/mol. The zero-order valence-electron chi connectivity index (χ0n) is 13.3. The fourth-order valence-corrected chi connectivity index (χ4v) is 2.66. The number of carbonyl (C=O) groups is 2. The number of nitrogens with one attached hydrogen (secondary N) is 1. The molecule has 6 nitrogen and oxygen atoms in total. The Kier molecular flexibility index (Phi) is 4.58. The molecule has 3 rings (SSSR count). The van der Waals surface area contributed by atoms with Crippen LogP contribution < -0.4 is 10.2 Å². The lowest BCUT2D eigenvalue weighted by Crippen LogP contribution is -2.58. The molecule has 1 heterocycles. The molecule has 0 saturated carbocycles. The van der Waals surface area contributed by atoms with Gasteiger partial charge in [-0.05, 0) is 55.5 Å². The van der Waals surface area contributed by atoms with Crippen molar-refractivity contribution in [2.45, 2.75) is 6.92 Å². The van der Waals surface area contributed by atoms with Gasteiger partial charge in [0.25, 0.3) is 5.91 Å². The Bertz CT molecular complexity index is 860. The summed E-state index contributed by atoms with van der Waals surface area (Å²) in [5, 5.41) is 11.9. The van der Waals surface area contributed by atoms with Crippen LogP contribution in [0.5, 0.6) is 5.75 Å². The molecule has 2 amide bonds. The molecule has 7 heteroatoms. The first-order valence-corrected chi connectivity index (χ1v) is 7.95. The normalized spacial score (nSPS) is 17.9.